The lowest BCUT2D eigenvalue weighted by atomic mass is 10.1. The van der Waals surface area contributed by atoms with Gasteiger partial charge in [0.1, 0.15) is 17.6 Å². The Morgan fingerprint density at radius 3 is 2.74 bits per heavy atom. The van der Waals surface area contributed by atoms with Gasteiger partial charge in [-0.25, -0.2) is 4.79 Å². The number of nitrogens with one attached hydrogen (secondary N) is 1. The summed E-state index contributed by atoms with van der Waals surface area (Å²) in [5.41, 5.74) is 3.28. The van der Waals surface area contributed by atoms with E-state index in [1.165, 1.54) is 7.11 Å². The van der Waals surface area contributed by atoms with Gasteiger partial charge in [0, 0.05) is 12.3 Å². The molecular formula is C23H27N3O5. The largest absolute Gasteiger partial charge is 0.496 e. The lowest BCUT2D eigenvalue weighted by Crippen LogP contribution is -2.25. The number of aromatic nitrogens is 1. The van der Waals surface area contributed by atoms with Crippen LogP contribution in [-0.2, 0) is 20.8 Å². The Kier molecular flexibility index (Phi) is 6.98. The van der Waals surface area contributed by atoms with Gasteiger partial charge in [-0.15, -0.1) is 0 Å². The third-order valence-electron chi connectivity index (χ3n) is 5.59. The van der Waals surface area contributed by atoms with Crippen LogP contribution in [0.1, 0.15) is 45.6 Å². The molecule has 0 radical (unpaired) electrons. The van der Waals surface area contributed by atoms with Gasteiger partial charge in [0.25, 0.3) is 5.91 Å². The van der Waals surface area contributed by atoms with E-state index in [0.717, 1.165) is 36.3 Å². The Morgan fingerprint density at radius 1 is 1.32 bits per heavy atom. The smallest absolute Gasteiger partial charge is 0.338 e. The molecule has 2 aromatic rings. The summed E-state index contributed by atoms with van der Waals surface area (Å²) in [6, 6.07) is 7.10. The van der Waals surface area contributed by atoms with Crippen molar-refractivity contribution >= 4 is 17.7 Å². The third kappa shape index (κ3) is 4.89. The topological polar surface area (TPSA) is 103 Å². The molecule has 1 atom stereocenters. The molecule has 0 aliphatic carbocycles. The number of rotatable bonds is 7. The summed E-state index contributed by atoms with van der Waals surface area (Å²) in [5, 5.41) is 12.4. The van der Waals surface area contributed by atoms with Crippen LogP contribution < -0.4 is 10.1 Å². The van der Waals surface area contributed by atoms with E-state index in [4.69, 9.17) is 14.2 Å². The van der Waals surface area contributed by atoms with E-state index in [2.05, 4.69) is 11.4 Å². The van der Waals surface area contributed by atoms with Crippen molar-refractivity contribution in [2.24, 2.45) is 0 Å². The molecule has 164 valence electrons. The molecule has 31 heavy (non-hydrogen) atoms. The van der Waals surface area contributed by atoms with Gasteiger partial charge >= 0.3 is 5.97 Å². The van der Waals surface area contributed by atoms with Crippen LogP contribution in [-0.4, -0.2) is 42.9 Å². The third-order valence-corrected chi connectivity index (χ3v) is 5.59. The molecule has 1 N–H and O–H groups in total. The van der Waals surface area contributed by atoms with Gasteiger partial charge in [-0.3, -0.25) is 4.79 Å². The molecule has 1 fully saturated rings. The SMILES string of the molecule is COc1cc(C(=O)OCC(=O)Nc2c(C#N)c(C)c(C)n2C[C@H]2CCCO2)ccc1C. The monoisotopic (exact) mass is 425 g/mol. The summed E-state index contributed by atoms with van der Waals surface area (Å²) in [6.45, 7) is 6.42. The van der Waals surface area contributed by atoms with Crippen molar-refractivity contribution < 1.29 is 23.8 Å². The van der Waals surface area contributed by atoms with E-state index >= 15 is 0 Å². The van der Waals surface area contributed by atoms with Crippen LogP contribution in [0.3, 0.4) is 0 Å². The Balaban J connectivity index is 1.70. The van der Waals surface area contributed by atoms with Crippen LogP contribution in [0, 0.1) is 32.1 Å². The van der Waals surface area contributed by atoms with E-state index < -0.39 is 18.5 Å². The second-order valence-electron chi connectivity index (χ2n) is 7.60. The molecule has 8 heteroatoms. The van der Waals surface area contributed by atoms with E-state index in [-0.39, 0.29) is 6.10 Å². The highest BCUT2D eigenvalue weighted by atomic mass is 16.5. The van der Waals surface area contributed by atoms with Gasteiger partial charge in [-0.05, 0) is 56.9 Å². The van der Waals surface area contributed by atoms with Crippen LogP contribution in [0.5, 0.6) is 5.75 Å². The zero-order chi connectivity index (χ0) is 22.5. The molecule has 3 rings (SSSR count). The zero-order valence-corrected chi connectivity index (χ0v) is 18.3. The number of anilines is 1. The first-order valence-corrected chi connectivity index (χ1v) is 10.2. The molecule has 8 nitrogen and oxygen atoms in total. The van der Waals surface area contributed by atoms with Crippen LogP contribution in [0.15, 0.2) is 18.2 Å². The van der Waals surface area contributed by atoms with E-state index in [0.29, 0.717) is 29.2 Å². The van der Waals surface area contributed by atoms with Gasteiger partial charge in [-0.2, -0.15) is 5.26 Å². The number of amides is 1. The van der Waals surface area contributed by atoms with E-state index in [1.807, 2.05) is 25.3 Å². The lowest BCUT2D eigenvalue weighted by molar-refractivity contribution is -0.119. The summed E-state index contributed by atoms with van der Waals surface area (Å²) in [7, 11) is 1.52. The number of benzene rings is 1. The molecule has 1 amide bonds. The molecule has 1 aliphatic rings. The standard InChI is InChI=1S/C23H27N3O5/c1-14-7-8-17(10-20(14)29-4)23(28)31-13-21(27)25-22-19(11-24)15(2)16(3)26(22)12-18-6-5-9-30-18/h7-8,10,18H,5-6,9,12-13H2,1-4H3,(H,25,27)/t18-/m1/s1. The maximum absolute atomic E-state index is 12.5. The van der Waals surface area contributed by atoms with E-state index in [1.54, 1.807) is 18.2 Å². The van der Waals surface area contributed by atoms with Crippen molar-refractivity contribution in [1.82, 2.24) is 4.57 Å². The minimum absolute atomic E-state index is 0.0436. The predicted molar refractivity (Wildman–Crippen MR) is 114 cm³/mol. The Hall–Kier alpha value is -3.31. The zero-order valence-electron chi connectivity index (χ0n) is 18.3. The Morgan fingerprint density at radius 2 is 2.10 bits per heavy atom. The number of carbonyl (C=O) groups excluding carboxylic acids is 2. The van der Waals surface area contributed by atoms with Crippen molar-refractivity contribution in [1.29, 1.82) is 5.26 Å². The average molecular weight is 425 g/mol. The lowest BCUT2D eigenvalue weighted by Gasteiger charge is -2.17. The second kappa shape index (κ2) is 9.67. The van der Waals surface area contributed by atoms with Crippen LogP contribution in [0.2, 0.25) is 0 Å². The van der Waals surface area contributed by atoms with Crippen LogP contribution in [0.25, 0.3) is 0 Å². The van der Waals surface area contributed by atoms with Crippen molar-refractivity contribution in [2.75, 3.05) is 25.6 Å². The number of esters is 1. The molecule has 1 aliphatic heterocycles. The highest BCUT2D eigenvalue weighted by Gasteiger charge is 2.24. The molecule has 1 aromatic heterocycles. The number of carbonyl (C=O) groups is 2. The van der Waals surface area contributed by atoms with Gasteiger partial charge in [-0.1, -0.05) is 6.07 Å². The summed E-state index contributed by atoms with van der Waals surface area (Å²) >= 11 is 0. The number of aryl methyl sites for hydroxylation is 1. The Labute approximate surface area is 181 Å². The summed E-state index contributed by atoms with van der Waals surface area (Å²) in [6.07, 6.45) is 1.97. The maximum Gasteiger partial charge on any atom is 0.338 e. The van der Waals surface area contributed by atoms with Crippen molar-refractivity contribution in [3.8, 4) is 11.8 Å². The number of hydrogen-bond acceptors (Lipinski definition) is 6. The van der Waals surface area contributed by atoms with Crippen LogP contribution in [0.4, 0.5) is 5.82 Å². The molecule has 2 heterocycles. The van der Waals surface area contributed by atoms with Gasteiger partial charge in [0.15, 0.2) is 6.61 Å². The van der Waals surface area contributed by atoms with Gasteiger partial charge < -0.3 is 24.1 Å². The fourth-order valence-electron chi connectivity index (χ4n) is 3.68. The predicted octanol–water partition coefficient (Wildman–Crippen LogP) is 3.27. The molecule has 1 saturated heterocycles. The first kappa shape index (κ1) is 22.4. The molecule has 0 unspecified atom stereocenters. The number of ether oxygens (including phenoxy) is 3. The minimum atomic E-state index is -0.629. The molecular weight excluding hydrogens is 398 g/mol. The second-order valence-corrected chi connectivity index (χ2v) is 7.60. The van der Waals surface area contributed by atoms with Crippen molar-refractivity contribution in [2.45, 2.75) is 46.3 Å². The van der Waals surface area contributed by atoms with Gasteiger partial charge in [0.05, 0.1) is 30.9 Å². The average Bonchev–Trinajstić information content (AvgIpc) is 3.35. The molecule has 0 saturated carbocycles. The van der Waals surface area contributed by atoms with Crippen molar-refractivity contribution in [3.05, 3.63) is 46.1 Å². The number of hydrogen-bond donors (Lipinski definition) is 1. The molecule has 0 spiro atoms. The number of nitrogens with zero attached hydrogens (tertiary/aromatic N) is 2. The maximum atomic E-state index is 12.5. The molecule has 0 bridgehead atoms. The fourth-order valence-corrected chi connectivity index (χ4v) is 3.68. The summed E-state index contributed by atoms with van der Waals surface area (Å²) in [5.74, 6) is -0.174. The molecule has 1 aromatic carbocycles. The van der Waals surface area contributed by atoms with Crippen LogP contribution >= 0.6 is 0 Å². The number of methoxy groups -OCH3 is 1. The number of nitriles is 1. The highest BCUT2D eigenvalue weighted by Crippen LogP contribution is 2.28. The summed E-state index contributed by atoms with van der Waals surface area (Å²) < 4.78 is 18.0. The van der Waals surface area contributed by atoms with Crippen molar-refractivity contribution in [3.63, 3.8) is 0 Å². The van der Waals surface area contributed by atoms with Gasteiger partial charge in [0.2, 0.25) is 0 Å². The first-order chi connectivity index (χ1) is 14.8. The summed E-state index contributed by atoms with van der Waals surface area (Å²) in [4.78, 5) is 24.9. The normalized spacial score (nSPS) is 15.4. The quantitative estimate of drug-likeness (QED) is 0.683. The van der Waals surface area contributed by atoms with E-state index in [9.17, 15) is 14.9 Å². The Bertz CT molecular complexity index is 1030. The fraction of sp³-hybridized carbons (Fsp3) is 0.435. The highest BCUT2D eigenvalue weighted by molar-refractivity contribution is 5.96. The first-order valence-electron chi connectivity index (χ1n) is 10.2. The minimum Gasteiger partial charge on any atom is -0.496 e.